The van der Waals surface area contributed by atoms with Crippen LogP contribution in [0.15, 0.2) is 48.5 Å². The summed E-state index contributed by atoms with van der Waals surface area (Å²) in [6, 6.07) is 12.8. The molecule has 0 aromatic heterocycles. The molecule has 2 rings (SSSR count). The molecule has 0 saturated carbocycles. The predicted molar refractivity (Wildman–Crippen MR) is 134 cm³/mol. The zero-order chi connectivity index (χ0) is 24.1. The van der Waals surface area contributed by atoms with E-state index in [0.717, 1.165) is 22.6 Å². The number of rotatable bonds is 14. The van der Waals surface area contributed by atoms with Crippen molar-refractivity contribution in [3.63, 3.8) is 0 Å². The van der Waals surface area contributed by atoms with Gasteiger partial charge in [-0.05, 0) is 48.2 Å². The summed E-state index contributed by atoms with van der Waals surface area (Å²) in [7, 11) is 0. The first-order chi connectivity index (χ1) is 15.9. The Labute approximate surface area is 203 Å². The van der Waals surface area contributed by atoms with Gasteiger partial charge in [-0.2, -0.15) is 23.5 Å². The van der Waals surface area contributed by atoms with Crippen molar-refractivity contribution in [1.82, 2.24) is 10.6 Å². The molecule has 0 aliphatic heterocycles. The molecular weight excluding hydrogens is 462 g/mol. The molecule has 8 heteroatoms. The van der Waals surface area contributed by atoms with Gasteiger partial charge in [-0.3, -0.25) is 9.59 Å². The molecule has 2 aromatic carbocycles. The highest BCUT2D eigenvalue weighted by atomic mass is 32.2. The van der Waals surface area contributed by atoms with E-state index in [9.17, 15) is 18.4 Å². The van der Waals surface area contributed by atoms with Crippen LogP contribution in [0.25, 0.3) is 0 Å². The lowest BCUT2D eigenvalue weighted by Gasteiger charge is -2.29. The first-order valence-corrected chi connectivity index (χ1v) is 13.4. The summed E-state index contributed by atoms with van der Waals surface area (Å²) in [5.41, 5.74) is 0.977. The second kappa shape index (κ2) is 14.3. The Morgan fingerprint density at radius 3 is 1.42 bits per heavy atom. The summed E-state index contributed by atoms with van der Waals surface area (Å²) in [5, 5.41) is 5.83. The molecule has 2 aromatic rings. The van der Waals surface area contributed by atoms with Crippen molar-refractivity contribution in [2.24, 2.45) is 5.41 Å². The third-order valence-corrected chi connectivity index (χ3v) is 7.56. The molecule has 0 fully saturated rings. The number of benzene rings is 2. The average molecular weight is 495 g/mol. The van der Waals surface area contributed by atoms with Crippen LogP contribution in [0, 0.1) is 17.0 Å². The van der Waals surface area contributed by atoms with Crippen molar-refractivity contribution in [3.8, 4) is 0 Å². The molecule has 33 heavy (non-hydrogen) atoms. The van der Waals surface area contributed by atoms with Crippen molar-refractivity contribution in [1.29, 1.82) is 0 Å². The highest BCUT2D eigenvalue weighted by Gasteiger charge is 2.42. The zero-order valence-corrected chi connectivity index (χ0v) is 20.8. The Balaban J connectivity index is 1.71. The van der Waals surface area contributed by atoms with Gasteiger partial charge >= 0.3 is 0 Å². The average Bonchev–Trinajstić information content (AvgIpc) is 2.82. The number of nitrogens with one attached hydrogen (secondary N) is 2. The van der Waals surface area contributed by atoms with Crippen molar-refractivity contribution in [2.75, 3.05) is 24.6 Å². The van der Waals surface area contributed by atoms with E-state index in [4.69, 9.17) is 0 Å². The lowest BCUT2D eigenvalue weighted by molar-refractivity contribution is -0.144. The maximum absolute atomic E-state index is 13.0. The molecule has 4 nitrogen and oxygen atoms in total. The second-order valence-corrected chi connectivity index (χ2v) is 9.87. The minimum Gasteiger partial charge on any atom is -0.354 e. The highest BCUT2D eigenvalue weighted by molar-refractivity contribution is 7.98. The SMILES string of the molecule is CCC(CC)(C(=O)NCCSCc1ccc(F)cc1)C(=O)NCCSCc1ccc(F)cc1. The zero-order valence-electron chi connectivity index (χ0n) is 19.2. The molecular formula is C25H32F2N2O2S2. The Morgan fingerprint density at radius 2 is 1.09 bits per heavy atom. The summed E-state index contributed by atoms with van der Waals surface area (Å²) >= 11 is 3.29. The number of hydrogen-bond donors (Lipinski definition) is 2. The monoisotopic (exact) mass is 494 g/mol. The fourth-order valence-electron chi connectivity index (χ4n) is 3.35. The highest BCUT2D eigenvalue weighted by Crippen LogP contribution is 2.27. The number of halogens is 2. The van der Waals surface area contributed by atoms with E-state index < -0.39 is 5.41 Å². The molecule has 2 N–H and O–H groups in total. The molecule has 0 heterocycles. The summed E-state index contributed by atoms with van der Waals surface area (Å²) in [6.07, 6.45) is 0.846. The molecule has 0 unspecified atom stereocenters. The summed E-state index contributed by atoms with van der Waals surface area (Å²) in [4.78, 5) is 25.8. The Bertz CT molecular complexity index is 803. The fourth-order valence-corrected chi connectivity index (χ4v) is 4.99. The first kappa shape index (κ1) is 27.2. The van der Waals surface area contributed by atoms with E-state index in [1.165, 1.54) is 24.3 Å². The molecule has 0 atom stereocenters. The van der Waals surface area contributed by atoms with Gasteiger partial charge in [0.1, 0.15) is 17.0 Å². The Morgan fingerprint density at radius 1 is 0.727 bits per heavy atom. The molecule has 0 bridgehead atoms. The number of thioether (sulfide) groups is 2. The lowest BCUT2D eigenvalue weighted by atomic mass is 9.80. The van der Waals surface area contributed by atoms with Crippen LogP contribution in [-0.2, 0) is 21.1 Å². The van der Waals surface area contributed by atoms with Gasteiger partial charge in [0.15, 0.2) is 0 Å². The molecule has 0 aliphatic carbocycles. The number of carbonyl (C=O) groups is 2. The number of hydrogen-bond acceptors (Lipinski definition) is 4. The van der Waals surface area contributed by atoms with Gasteiger partial charge in [-0.25, -0.2) is 8.78 Å². The number of carbonyl (C=O) groups excluding carboxylic acids is 2. The minimum absolute atomic E-state index is 0.244. The lowest BCUT2D eigenvalue weighted by Crippen LogP contribution is -2.51. The van der Waals surface area contributed by atoms with E-state index in [0.29, 0.717) is 37.4 Å². The maximum atomic E-state index is 13.0. The Hall–Kier alpha value is -2.06. The Kier molecular flexibility index (Phi) is 11.7. The molecule has 0 radical (unpaired) electrons. The fraction of sp³-hybridized carbons (Fsp3) is 0.440. The van der Waals surface area contributed by atoms with E-state index in [1.54, 1.807) is 47.8 Å². The summed E-state index contributed by atoms with van der Waals surface area (Å²) in [5.74, 6) is 1.88. The minimum atomic E-state index is -1.08. The van der Waals surface area contributed by atoms with Gasteiger partial charge in [0.25, 0.3) is 0 Å². The molecule has 0 saturated heterocycles. The van der Waals surface area contributed by atoms with Crippen LogP contribution < -0.4 is 10.6 Å². The maximum Gasteiger partial charge on any atom is 0.235 e. The van der Waals surface area contributed by atoms with E-state index in [-0.39, 0.29) is 23.4 Å². The van der Waals surface area contributed by atoms with Crippen LogP contribution in [0.2, 0.25) is 0 Å². The van der Waals surface area contributed by atoms with Crippen LogP contribution in [-0.4, -0.2) is 36.4 Å². The van der Waals surface area contributed by atoms with E-state index in [2.05, 4.69) is 10.6 Å². The van der Waals surface area contributed by atoms with Gasteiger partial charge in [-0.15, -0.1) is 0 Å². The van der Waals surface area contributed by atoms with Crippen molar-refractivity contribution >= 4 is 35.3 Å². The smallest absolute Gasteiger partial charge is 0.235 e. The molecule has 180 valence electrons. The van der Waals surface area contributed by atoms with Crippen molar-refractivity contribution in [2.45, 2.75) is 38.2 Å². The summed E-state index contributed by atoms with van der Waals surface area (Å²) in [6.45, 7) is 4.64. The predicted octanol–water partition coefficient (Wildman–Crippen LogP) is 5.17. The summed E-state index contributed by atoms with van der Waals surface area (Å²) < 4.78 is 25.9. The van der Waals surface area contributed by atoms with Crippen LogP contribution in [0.1, 0.15) is 37.8 Å². The van der Waals surface area contributed by atoms with E-state index in [1.807, 2.05) is 13.8 Å². The molecule has 0 spiro atoms. The molecule has 0 aliphatic rings. The van der Waals surface area contributed by atoms with Gasteiger partial charge in [0.2, 0.25) is 11.8 Å². The van der Waals surface area contributed by atoms with Gasteiger partial charge < -0.3 is 10.6 Å². The standard InChI is InChI=1S/C25H32F2N2O2S2/c1-3-25(4-2,23(30)28-13-15-32-17-19-5-9-21(26)10-6-19)24(31)29-14-16-33-18-20-7-11-22(27)12-8-20/h5-12H,3-4,13-18H2,1-2H3,(H,28,30)(H,29,31). The van der Waals surface area contributed by atoms with Crippen LogP contribution in [0.3, 0.4) is 0 Å². The van der Waals surface area contributed by atoms with Gasteiger partial charge in [-0.1, -0.05) is 38.1 Å². The normalized spacial score (nSPS) is 11.3. The first-order valence-electron chi connectivity index (χ1n) is 11.1. The van der Waals surface area contributed by atoms with Crippen molar-refractivity contribution in [3.05, 3.63) is 71.3 Å². The van der Waals surface area contributed by atoms with Crippen LogP contribution >= 0.6 is 23.5 Å². The third kappa shape index (κ3) is 8.66. The number of amides is 2. The van der Waals surface area contributed by atoms with Crippen LogP contribution in [0.5, 0.6) is 0 Å². The van der Waals surface area contributed by atoms with Crippen LogP contribution in [0.4, 0.5) is 8.78 Å². The van der Waals surface area contributed by atoms with Crippen molar-refractivity contribution < 1.29 is 18.4 Å². The van der Waals surface area contributed by atoms with Gasteiger partial charge in [0, 0.05) is 36.1 Å². The largest absolute Gasteiger partial charge is 0.354 e. The quantitative estimate of drug-likeness (QED) is 0.281. The second-order valence-electron chi connectivity index (χ2n) is 7.66. The van der Waals surface area contributed by atoms with Gasteiger partial charge in [0.05, 0.1) is 0 Å². The molecule has 2 amide bonds. The topological polar surface area (TPSA) is 58.2 Å². The third-order valence-electron chi connectivity index (χ3n) is 5.50. The van der Waals surface area contributed by atoms with E-state index >= 15 is 0 Å².